The minimum absolute atomic E-state index is 0.107. The molecule has 6 heteroatoms. The minimum atomic E-state index is -3.26. The first-order valence-electron chi connectivity index (χ1n) is 5.12. The Labute approximate surface area is 111 Å². The van der Waals surface area contributed by atoms with E-state index in [-0.39, 0.29) is 17.3 Å². The molecule has 1 rings (SSSR count). The number of ether oxygens (including phenoxy) is 1. The van der Waals surface area contributed by atoms with E-state index in [1.165, 1.54) is 0 Å². The molecule has 1 aromatic carbocycles. The van der Waals surface area contributed by atoms with Crippen molar-refractivity contribution in [2.24, 2.45) is 0 Å². The van der Waals surface area contributed by atoms with Gasteiger partial charge >= 0.3 is 0 Å². The molecule has 1 unspecified atom stereocenters. The lowest BCUT2D eigenvalue weighted by Crippen LogP contribution is -2.30. The number of rotatable bonds is 6. The Morgan fingerprint density at radius 3 is 2.59 bits per heavy atom. The van der Waals surface area contributed by atoms with Crippen LogP contribution in [0.1, 0.15) is 17.2 Å². The van der Waals surface area contributed by atoms with Crippen molar-refractivity contribution in [1.29, 1.82) is 0 Å². The molecule has 0 spiro atoms. The Morgan fingerprint density at radius 2 is 2.06 bits per heavy atom. The van der Waals surface area contributed by atoms with Crippen LogP contribution in [0.2, 0.25) is 0 Å². The van der Waals surface area contributed by atoms with Gasteiger partial charge in [-0.15, -0.1) is 0 Å². The number of methoxy groups -OCH3 is 1. The summed E-state index contributed by atoms with van der Waals surface area (Å²) in [5, 5.41) is 0. The second kappa shape index (κ2) is 6.49. The van der Waals surface area contributed by atoms with E-state index in [1.807, 2.05) is 31.2 Å². The van der Waals surface area contributed by atoms with E-state index in [0.29, 0.717) is 0 Å². The number of hydrogen-bond donors (Lipinski definition) is 1. The van der Waals surface area contributed by atoms with Crippen molar-refractivity contribution in [3.8, 4) is 0 Å². The van der Waals surface area contributed by atoms with Crippen LogP contribution in [0.3, 0.4) is 0 Å². The number of sulfonamides is 1. The molecule has 1 aromatic rings. The lowest BCUT2D eigenvalue weighted by atomic mass is 10.0. The fraction of sp³-hybridized carbons (Fsp3) is 0.455. The van der Waals surface area contributed by atoms with Gasteiger partial charge in [-0.3, -0.25) is 0 Å². The van der Waals surface area contributed by atoms with E-state index in [4.69, 9.17) is 4.74 Å². The molecule has 96 valence electrons. The SMILES string of the molecule is COC(CNS(=O)(=O)CBr)c1ccccc1C. The van der Waals surface area contributed by atoms with Crippen LogP contribution in [-0.2, 0) is 14.8 Å². The first-order chi connectivity index (χ1) is 8.00. The number of benzene rings is 1. The summed E-state index contributed by atoms with van der Waals surface area (Å²) in [5.41, 5.74) is 2.07. The topological polar surface area (TPSA) is 55.4 Å². The summed E-state index contributed by atoms with van der Waals surface area (Å²) in [7, 11) is -1.69. The van der Waals surface area contributed by atoms with E-state index in [2.05, 4.69) is 20.7 Å². The summed E-state index contributed by atoms with van der Waals surface area (Å²) < 4.78 is 30.3. The first-order valence-corrected chi connectivity index (χ1v) is 7.89. The van der Waals surface area contributed by atoms with Crippen molar-refractivity contribution in [3.05, 3.63) is 35.4 Å². The molecule has 1 atom stereocenters. The number of aryl methyl sites for hydroxylation is 1. The van der Waals surface area contributed by atoms with Gasteiger partial charge < -0.3 is 4.74 Å². The van der Waals surface area contributed by atoms with Gasteiger partial charge in [-0.25, -0.2) is 13.1 Å². The lowest BCUT2D eigenvalue weighted by Gasteiger charge is -2.18. The molecule has 4 nitrogen and oxygen atoms in total. The van der Waals surface area contributed by atoms with Crippen LogP contribution >= 0.6 is 15.9 Å². The summed E-state index contributed by atoms with van der Waals surface area (Å²) in [5.74, 6) is 0. The van der Waals surface area contributed by atoms with Gasteiger partial charge in [-0.2, -0.15) is 0 Å². The molecule has 0 aromatic heterocycles. The molecule has 0 heterocycles. The molecule has 0 aliphatic carbocycles. The smallest absolute Gasteiger partial charge is 0.221 e. The lowest BCUT2D eigenvalue weighted by molar-refractivity contribution is 0.107. The van der Waals surface area contributed by atoms with Crippen LogP contribution in [-0.4, -0.2) is 26.7 Å². The highest BCUT2D eigenvalue weighted by atomic mass is 79.9. The number of halogens is 1. The Kier molecular flexibility index (Phi) is 5.58. The van der Waals surface area contributed by atoms with Crippen LogP contribution in [0.4, 0.5) is 0 Å². The summed E-state index contributed by atoms with van der Waals surface area (Å²) in [6.07, 6.45) is -0.273. The van der Waals surface area contributed by atoms with Crippen LogP contribution in [0.15, 0.2) is 24.3 Å². The zero-order valence-electron chi connectivity index (χ0n) is 9.81. The van der Waals surface area contributed by atoms with Crippen LogP contribution in [0, 0.1) is 6.92 Å². The predicted molar refractivity (Wildman–Crippen MR) is 71.6 cm³/mol. The Balaban J connectivity index is 2.77. The van der Waals surface area contributed by atoms with Gasteiger partial charge in [0.25, 0.3) is 0 Å². The predicted octanol–water partition coefficient (Wildman–Crippen LogP) is 1.95. The maximum atomic E-state index is 11.3. The quantitative estimate of drug-likeness (QED) is 0.815. The standard InChI is InChI=1S/C11H16BrNO3S/c1-9-5-3-4-6-10(9)11(16-2)7-13-17(14,15)8-12/h3-6,11,13H,7-8H2,1-2H3. The molecule has 17 heavy (non-hydrogen) atoms. The largest absolute Gasteiger partial charge is 0.375 e. The van der Waals surface area contributed by atoms with Gasteiger partial charge in [0.15, 0.2) is 0 Å². The zero-order chi connectivity index (χ0) is 12.9. The van der Waals surface area contributed by atoms with Gasteiger partial charge in [0.1, 0.15) is 4.66 Å². The van der Waals surface area contributed by atoms with Gasteiger partial charge in [0, 0.05) is 13.7 Å². The molecular formula is C11H16BrNO3S. The Morgan fingerprint density at radius 1 is 1.41 bits per heavy atom. The fourth-order valence-corrected chi connectivity index (χ4v) is 2.48. The van der Waals surface area contributed by atoms with Crippen molar-refractivity contribution in [2.75, 3.05) is 18.3 Å². The summed E-state index contributed by atoms with van der Waals surface area (Å²) in [6, 6.07) is 7.76. The third-order valence-corrected chi connectivity index (χ3v) is 5.15. The van der Waals surface area contributed by atoms with Crippen LogP contribution in [0.5, 0.6) is 0 Å². The summed E-state index contributed by atoms with van der Waals surface area (Å²) in [6.45, 7) is 2.20. The molecule has 1 N–H and O–H groups in total. The normalized spacial score (nSPS) is 13.6. The molecule has 0 radical (unpaired) electrons. The van der Waals surface area contributed by atoms with E-state index >= 15 is 0 Å². The number of hydrogen-bond acceptors (Lipinski definition) is 3. The van der Waals surface area contributed by atoms with E-state index in [1.54, 1.807) is 7.11 Å². The Bertz CT molecular complexity index is 462. The van der Waals surface area contributed by atoms with E-state index in [0.717, 1.165) is 11.1 Å². The molecule has 0 fully saturated rings. The van der Waals surface area contributed by atoms with Crippen LogP contribution in [0.25, 0.3) is 0 Å². The molecule has 0 saturated heterocycles. The molecule has 0 aliphatic heterocycles. The highest BCUT2D eigenvalue weighted by molar-refractivity contribution is 9.10. The van der Waals surface area contributed by atoms with Gasteiger partial charge in [-0.1, -0.05) is 40.2 Å². The van der Waals surface area contributed by atoms with Crippen molar-refractivity contribution in [3.63, 3.8) is 0 Å². The second-order valence-corrected chi connectivity index (χ2v) is 6.76. The van der Waals surface area contributed by atoms with Gasteiger partial charge in [0.05, 0.1) is 6.10 Å². The van der Waals surface area contributed by atoms with Crippen molar-refractivity contribution < 1.29 is 13.2 Å². The molecule has 0 bridgehead atoms. The second-order valence-electron chi connectivity index (χ2n) is 3.65. The van der Waals surface area contributed by atoms with Crippen molar-refractivity contribution >= 4 is 26.0 Å². The van der Waals surface area contributed by atoms with Crippen LogP contribution < -0.4 is 4.72 Å². The third-order valence-electron chi connectivity index (χ3n) is 2.45. The number of alkyl halides is 1. The average molecular weight is 322 g/mol. The van der Waals surface area contributed by atoms with Gasteiger partial charge in [-0.05, 0) is 18.1 Å². The zero-order valence-corrected chi connectivity index (χ0v) is 12.2. The average Bonchev–Trinajstić information content (AvgIpc) is 2.32. The summed E-state index contributed by atoms with van der Waals surface area (Å²) >= 11 is 2.92. The molecular weight excluding hydrogens is 306 g/mol. The van der Waals surface area contributed by atoms with E-state index in [9.17, 15) is 8.42 Å². The highest BCUT2D eigenvalue weighted by Gasteiger charge is 2.16. The first kappa shape index (κ1) is 14.6. The highest BCUT2D eigenvalue weighted by Crippen LogP contribution is 2.19. The van der Waals surface area contributed by atoms with Crippen molar-refractivity contribution in [2.45, 2.75) is 13.0 Å². The summed E-state index contributed by atoms with van der Waals surface area (Å²) in [4.78, 5) is 0. The molecule has 0 saturated carbocycles. The van der Waals surface area contributed by atoms with Crippen molar-refractivity contribution in [1.82, 2.24) is 4.72 Å². The fourth-order valence-electron chi connectivity index (χ4n) is 1.51. The number of nitrogens with one attached hydrogen (secondary N) is 1. The molecule has 0 aliphatic rings. The molecule has 0 amide bonds. The van der Waals surface area contributed by atoms with E-state index < -0.39 is 10.0 Å². The third kappa shape index (κ3) is 4.39. The minimum Gasteiger partial charge on any atom is -0.375 e. The Hall–Kier alpha value is -0.430. The maximum absolute atomic E-state index is 11.3. The maximum Gasteiger partial charge on any atom is 0.221 e. The van der Waals surface area contributed by atoms with Gasteiger partial charge in [0.2, 0.25) is 10.0 Å². The monoisotopic (exact) mass is 321 g/mol.